The van der Waals surface area contributed by atoms with Crippen LogP contribution < -0.4 is 5.32 Å². The number of carbonyl (C=O) groups is 3. The summed E-state index contributed by atoms with van der Waals surface area (Å²) in [5.74, 6) is -2.01. The number of carboxylic acids is 1. The number of hydrogen-bond acceptors (Lipinski definition) is 4. The molecule has 1 aromatic carbocycles. The molecule has 26 heavy (non-hydrogen) atoms. The van der Waals surface area contributed by atoms with Crippen LogP contribution in [0.3, 0.4) is 0 Å². The third-order valence-corrected chi connectivity index (χ3v) is 4.50. The van der Waals surface area contributed by atoms with Crippen molar-refractivity contribution in [2.24, 2.45) is 5.92 Å². The fraction of sp³-hybridized carbons (Fsp3) is 0.526. The van der Waals surface area contributed by atoms with Crippen molar-refractivity contribution in [1.82, 2.24) is 10.2 Å². The van der Waals surface area contributed by atoms with Crippen LogP contribution in [0.4, 0.5) is 0 Å². The molecule has 0 bridgehead atoms. The number of amides is 2. The van der Waals surface area contributed by atoms with Crippen molar-refractivity contribution in [3.05, 3.63) is 34.9 Å². The minimum absolute atomic E-state index is 0.0963. The topological polar surface area (TPSA) is 95.9 Å². The molecule has 2 amide bonds. The van der Waals surface area contributed by atoms with Gasteiger partial charge in [-0.15, -0.1) is 0 Å². The molecule has 2 unspecified atom stereocenters. The van der Waals surface area contributed by atoms with Gasteiger partial charge in [-0.2, -0.15) is 0 Å². The first kappa shape index (κ1) is 19.9. The highest BCUT2D eigenvalue weighted by molar-refractivity contribution is 5.95. The molecule has 0 aromatic heterocycles. The standard InChI is InChI=1S/C19H26N2O5/c1-12-7-13(2)9-15(8-12)18(23)21-6-4-5-14(10-21)17(22)20-16(11-26-3)19(24)25/h7-9,14,16H,4-6,10-11H2,1-3H3,(H,20,22)(H,24,25). The van der Waals surface area contributed by atoms with Gasteiger partial charge < -0.3 is 20.1 Å². The minimum Gasteiger partial charge on any atom is -0.480 e. The number of aryl methyl sites for hydroxylation is 2. The number of piperidine rings is 1. The maximum absolute atomic E-state index is 12.8. The second-order valence-corrected chi connectivity index (χ2v) is 6.82. The Hall–Kier alpha value is -2.41. The van der Waals surface area contributed by atoms with Gasteiger partial charge in [0.25, 0.3) is 5.91 Å². The molecule has 2 N–H and O–H groups in total. The van der Waals surface area contributed by atoms with Gasteiger partial charge in [0, 0.05) is 25.8 Å². The number of carbonyl (C=O) groups excluding carboxylic acids is 2. The largest absolute Gasteiger partial charge is 0.480 e. The zero-order valence-electron chi connectivity index (χ0n) is 15.4. The van der Waals surface area contributed by atoms with Crippen LogP contribution in [0.25, 0.3) is 0 Å². The highest BCUT2D eigenvalue weighted by Crippen LogP contribution is 2.20. The Morgan fingerprint density at radius 3 is 2.50 bits per heavy atom. The van der Waals surface area contributed by atoms with Crippen molar-refractivity contribution in [3.8, 4) is 0 Å². The maximum Gasteiger partial charge on any atom is 0.328 e. The Morgan fingerprint density at radius 1 is 1.27 bits per heavy atom. The quantitative estimate of drug-likeness (QED) is 0.797. The van der Waals surface area contributed by atoms with E-state index in [1.165, 1.54) is 7.11 Å². The average Bonchev–Trinajstić information content (AvgIpc) is 2.59. The number of likely N-dealkylation sites (tertiary alicyclic amines) is 1. The van der Waals surface area contributed by atoms with Crippen LogP contribution in [0.1, 0.15) is 34.3 Å². The number of ether oxygens (including phenoxy) is 1. The van der Waals surface area contributed by atoms with E-state index >= 15 is 0 Å². The molecule has 0 radical (unpaired) electrons. The SMILES string of the molecule is COCC(NC(=O)C1CCCN(C(=O)c2cc(C)cc(C)c2)C1)C(=O)O. The van der Waals surface area contributed by atoms with Gasteiger partial charge in [0.2, 0.25) is 5.91 Å². The van der Waals surface area contributed by atoms with Crippen LogP contribution in [0.2, 0.25) is 0 Å². The second kappa shape index (κ2) is 8.80. The highest BCUT2D eigenvalue weighted by Gasteiger charge is 2.31. The minimum atomic E-state index is -1.14. The monoisotopic (exact) mass is 362 g/mol. The lowest BCUT2D eigenvalue weighted by Gasteiger charge is -2.32. The van der Waals surface area contributed by atoms with Crippen molar-refractivity contribution < 1.29 is 24.2 Å². The third-order valence-electron chi connectivity index (χ3n) is 4.50. The first-order valence-corrected chi connectivity index (χ1v) is 8.71. The van der Waals surface area contributed by atoms with Gasteiger partial charge in [0.1, 0.15) is 0 Å². The fourth-order valence-corrected chi connectivity index (χ4v) is 3.29. The summed E-state index contributed by atoms with van der Waals surface area (Å²) in [6.45, 7) is 4.67. The van der Waals surface area contributed by atoms with E-state index in [-0.39, 0.29) is 25.0 Å². The van der Waals surface area contributed by atoms with E-state index in [9.17, 15) is 14.4 Å². The Labute approximate surface area is 153 Å². The number of carboxylic acid groups (broad SMARTS) is 1. The molecule has 1 heterocycles. The summed E-state index contributed by atoms with van der Waals surface area (Å²) in [4.78, 5) is 38.1. The lowest BCUT2D eigenvalue weighted by Crippen LogP contribution is -2.50. The molecule has 0 aliphatic carbocycles. The van der Waals surface area contributed by atoms with E-state index in [4.69, 9.17) is 9.84 Å². The van der Waals surface area contributed by atoms with Crippen molar-refractivity contribution >= 4 is 17.8 Å². The number of methoxy groups -OCH3 is 1. The van der Waals surface area contributed by atoms with Gasteiger partial charge in [-0.3, -0.25) is 9.59 Å². The molecule has 1 fully saturated rings. The van der Waals surface area contributed by atoms with E-state index in [1.807, 2.05) is 32.0 Å². The smallest absolute Gasteiger partial charge is 0.328 e. The normalized spacial score (nSPS) is 18.3. The predicted molar refractivity (Wildman–Crippen MR) is 96.0 cm³/mol. The molecule has 2 rings (SSSR count). The summed E-state index contributed by atoms with van der Waals surface area (Å²) < 4.78 is 4.83. The molecule has 142 valence electrons. The van der Waals surface area contributed by atoms with E-state index in [0.717, 1.165) is 11.1 Å². The van der Waals surface area contributed by atoms with Gasteiger partial charge in [-0.1, -0.05) is 17.2 Å². The lowest BCUT2D eigenvalue weighted by atomic mass is 9.95. The Morgan fingerprint density at radius 2 is 1.92 bits per heavy atom. The van der Waals surface area contributed by atoms with Crippen LogP contribution in [0, 0.1) is 19.8 Å². The average molecular weight is 362 g/mol. The first-order valence-electron chi connectivity index (χ1n) is 8.71. The van der Waals surface area contributed by atoms with Crippen molar-refractivity contribution in [2.45, 2.75) is 32.7 Å². The zero-order valence-corrected chi connectivity index (χ0v) is 15.4. The van der Waals surface area contributed by atoms with Crippen molar-refractivity contribution in [3.63, 3.8) is 0 Å². The van der Waals surface area contributed by atoms with Gasteiger partial charge in [-0.25, -0.2) is 4.79 Å². The molecule has 1 saturated heterocycles. The van der Waals surface area contributed by atoms with E-state index < -0.39 is 17.9 Å². The summed E-state index contributed by atoms with van der Waals surface area (Å²) in [5, 5.41) is 11.6. The molecule has 7 nitrogen and oxygen atoms in total. The summed E-state index contributed by atoms with van der Waals surface area (Å²) in [6.07, 6.45) is 1.33. The van der Waals surface area contributed by atoms with Crippen LogP contribution in [-0.4, -0.2) is 60.6 Å². The van der Waals surface area contributed by atoms with Crippen LogP contribution >= 0.6 is 0 Å². The Bertz CT molecular complexity index is 668. The van der Waals surface area contributed by atoms with E-state index in [1.54, 1.807) is 4.90 Å². The van der Waals surface area contributed by atoms with Crippen molar-refractivity contribution in [2.75, 3.05) is 26.8 Å². The lowest BCUT2D eigenvalue weighted by molar-refractivity contribution is -0.144. The van der Waals surface area contributed by atoms with Gasteiger partial charge in [0.15, 0.2) is 6.04 Å². The summed E-state index contributed by atoms with van der Waals surface area (Å²) in [7, 11) is 1.38. The fourth-order valence-electron chi connectivity index (χ4n) is 3.29. The summed E-state index contributed by atoms with van der Waals surface area (Å²) in [6, 6.07) is 4.61. The Balaban J connectivity index is 2.04. The molecule has 7 heteroatoms. The molecule has 1 aliphatic rings. The van der Waals surface area contributed by atoms with Crippen molar-refractivity contribution in [1.29, 1.82) is 0 Å². The number of nitrogens with zero attached hydrogens (tertiary/aromatic N) is 1. The summed E-state index contributed by atoms with van der Waals surface area (Å²) >= 11 is 0. The number of nitrogens with one attached hydrogen (secondary N) is 1. The number of rotatable bonds is 6. The summed E-state index contributed by atoms with van der Waals surface area (Å²) in [5.41, 5.74) is 2.65. The molecular weight excluding hydrogens is 336 g/mol. The number of aliphatic carboxylic acids is 1. The van der Waals surface area contributed by atoms with Crippen LogP contribution in [-0.2, 0) is 14.3 Å². The molecule has 0 spiro atoms. The van der Waals surface area contributed by atoms with Crippen LogP contribution in [0.5, 0.6) is 0 Å². The number of benzene rings is 1. The maximum atomic E-state index is 12.8. The first-order chi connectivity index (χ1) is 12.3. The molecular formula is C19H26N2O5. The number of hydrogen-bond donors (Lipinski definition) is 2. The van der Waals surface area contributed by atoms with E-state index in [2.05, 4.69) is 5.32 Å². The molecule has 1 aromatic rings. The second-order valence-electron chi connectivity index (χ2n) is 6.82. The molecule has 0 saturated carbocycles. The van der Waals surface area contributed by atoms with Crippen LogP contribution in [0.15, 0.2) is 18.2 Å². The highest BCUT2D eigenvalue weighted by atomic mass is 16.5. The Kier molecular flexibility index (Phi) is 6.74. The van der Waals surface area contributed by atoms with Gasteiger partial charge >= 0.3 is 5.97 Å². The van der Waals surface area contributed by atoms with E-state index in [0.29, 0.717) is 24.9 Å². The van der Waals surface area contributed by atoms with Gasteiger partial charge in [0.05, 0.1) is 12.5 Å². The molecule has 2 atom stereocenters. The van der Waals surface area contributed by atoms with Gasteiger partial charge in [-0.05, 0) is 38.8 Å². The molecule has 1 aliphatic heterocycles. The zero-order chi connectivity index (χ0) is 19.3. The predicted octanol–water partition coefficient (Wildman–Crippen LogP) is 1.37. The third kappa shape index (κ3) is 5.05.